The molecule has 0 radical (unpaired) electrons. The molecule has 2 aromatic rings. The molecule has 0 spiro atoms. The standard InChI is InChI=1S/C19H21NO2/c1-12-7-8-17-16(10-12)19-15(6-3-9-22-19)18(20-17)13-4-2-5-14(21)11-13/h2,4-5,7-8,10-11,15,18-21H,3,6,9H2,1H3/t15-,18-,19?/m0/s1. The molecule has 0 bridgehead atoms. The second-order valence-corrected chi connectivity index (χ2v) is 6.41. The number of fused-ring (bicyclic) bond motifs is 3. The SMILES string of the molecule is Cc1ccc2c(c1)C1OCCC[C@H]1[C@H](c1cccc(O)c1)N2. The maximum absolute atomic E-state index is 9.81. The minimum Gasteiger partial charge on any atom is -0.508 e. The largest absolute Gasteiger partial charge is 0.508 e. The summed E-state index contributed by atoms with van der Waals surface area (Å²) in [5.74, 6) is 0.729. The fraction of sp³-hybridized carbons (Fsp3) is 0.368. The molecule has 3 atom stereocenters. The molecule has 2 aromatic carbocycles. The van der Waals surface area contributed by atoms with E-state index in [1.54, 1.807) is 6.07 Å². The third-order valence-corrected chi connectivity index (χ3v) is 4.85. The van der Waals surface area contributed by atoms with Crippen molar-refractivity contribution in [3.8, 4) is 5.75 Å². The molecule has 2 N–H and O–H groups in total. The van der Waals surface area contributed by atoms with E-state index < -0.39 is 0 Å². The van der Waals surface area contributed by atoms with E-state index in [1.807, 2.05) is 12.1 Å². The van der Waals surface area contributed by atoms with Crippen LogP contribution >= 0.6 is 0 Å². The molecule has 1 fully saturated rings. The van der Waals surface area contributed by atoms with Crippen molar-refractivity contribution in [2.75, 3.05) is 11.9 Å². The molecular formula is C19H21NO2. The van der Waals surface area contributed by atoms with E-state index in [9.17, 15) is 5.11 Å². The van der Waals surface area contributed by atoms with E-state index in [-0.39, 0.29) is 12.1 Å². The Kier molecular flexibility index (Phi) is 3.30. The first-order valence-corrected chi connectivity index (χ1v) is 8.00. The maximum Gasteiger partial charge on any atom is 0.115 e. The van der Waals surface area contributed by atoms with Gasteiger partial charge < -0.3 is 15.2 Å². The van der Waals surface area contributed by atoms with Gasteiger partial charge in [0.05, 0.1) is 12.1 Å². The summed E-state index contributed by atoms with van der Waals surface area (Å²) in [6, 6.07) is 14.3. The number of nitrogens with one attached hydrogen (secondary N) is 1. The quantitative estimate of drug-likeness (QED) is 0.822. The summed E-state index contributed by atoms with van der Waals surface area (Å²) in [4.78, 5) is 0. The molecule has 0 aromatic heterocycles. The number of ether oxygens (including phenoxy) is 1. The normalized spacial score (nSPS) is 26.7. The van der Waals surface area contributed by atoms with Crippen LogP contribution in [0.15, 0.2) is 42.5 Å². The lowest BCUT2D eigenvalue weighted by atomic mass is 9.77. The predicted molar refractivity (Wildman–Crippen MR) is 87.1 cm³/mol. The number of phenols is 1. The molecule has 114 valence electrons. The fourth-order valence-electron chi connectivity index (χ4n) is 3.84. The molecule has 2 aliphatic heterocycles. The van der Waals surface area contributed by atoms with E-state index in [0.717, 1.165) is 30.7 Å². The first-order valence-electron chi connectivity index (χ1n) is 8.00. The summed E-state index contributed by atoms with van der Waals surface area (Å²) in [6.07, 6.45) is 2.39. The van der Waals surface area contributed by atoms with Crippen LogP contribution in [0.2, 0.25) is 0 Å². The Bertz CT molecular complexity index is 698. The summed E-state index contributed by atoms with van der Waals surface area (Å²) in [5.41, 5.74) is 4.83. The van der Waals surface area contributed by atoms with Crippen LogP contribution in [0.3, 0.4) is 0 Å². The van der Waals surface area contributed by atoms with Crippen molar-refractivity contribution < 1.29 is 9.84 Å². The lowest BCUT2D eigenvalue weighted by molar-refractivity contribution is -0.0381. The van der Waals surface area contributed by atoms with E-state index in [4.69, 9.17) is 4.74 Å². The number of aryl methyl sites for hydroxylation is 1. The first-order chi connectivity index (χ1) is 10.7. The minimum atomic E-state index is 0.150. The average molecular weight is 295 g/mol. The molecule has 0 aliphatic carbocycles. The number of phenolic OH excluding ortho intramolecular Hbond substituents is 1. The highest BCUT2D eigenvalue weighted by molar-refractivity contribution is 5.58. The Balaban J connectivity index is 1.79. The molecule has 22 heavy (non-hydrogen) atoms. The Hall–Kier alpha value is -2.00. The molecule has 3 nitrogen and oxygen atoms in total. The summed E-state index contributed by atoms with van der Waals surface area (Å²) in [6.45, 7) is 2.96. The zero-order chi connectivity index (χ0) is 15.1. The van der Waals surface area contributed by atoms with Gasteiger partial charge in [0.2, 0.25) is 0 Å². The van der Waals surface area contributed by atoms with Gasteiger partial charge in [-0.3, -0.25) is 0 Å². The van der Waals surface area contributed by atoms with Crippen LogP contribution in [0.5, 0.6) is 5.75 Å². The highest BCUT2D eigenvalue weighted by Crippen LogP contribution is 2.49. The molecule has 3 heteroatoms. The highest BCUT2D eigenvalue weighted by Gasteiger charge is 2.39. The number of anilines is 1. The number of rotatable bonds is 1. The molecule has 1 saturated heterocycles. The first kappa shape index (κ1) is 13.6. The zero-order valence-corrected chi connectivity index (χ0v) is 12.8. The van der Waals surface area contributed by atoms with Gasteiger partial charge in [-0.2, -0.15) is 0 Å². The van der Waals surface area contributed by atoms with Crippen LogP contribution < -0.4 is 5.32 Å². The van der Waals surface area contributed by atoms with Crippen LogP contribution in [0.25, 0.3) is 0 Å². The molecule has 2 heterocycles. The van der Waals surface area contributed by atoms with Crippen molar-refractivity contribution >= 4 is 5.69 Å². The second kappa shape index (κ2) is 5.33. The van der Waals surface area contributed by atoms with Gasteiger partial charge in [-0.25, -0.2) is 0 Å². The van der Waals surface area contributed by atoms with Crippen molar-refractivity contribution in [3.63, 3.8) is 0 Å². The molecule has 2 aliphatic rings. The summed E-state index contributed by atoms with van der Waals surface area (Å²) in [5, 5.41) is 13.5. The van der Waals surface area contributed by atoms with Gasteiger partial charge in [-0.1, -0.05) is 29.8 Å². The number of hydrogen-bond donors (Lipinski definition) is 2. The predicted octanol–water partition coefficient (Wildman–Crippen LogP) is 4.34. The van der Waals surface area contributed by atoms with E-state index >= 15 is 0 Å². The Morgan fingerprint density at radius 3 is 2.95 bits per heavy atom. The third kappa shape index (κ3) is 2.26. The molecule has 0 amide bonds. The molecular weight excluding hydrogens is 274 g/mol. The summed E-state index contributed by atoms with van der Waals surface area (Å²) < 4.78 is 6.14. The number of aromatic hydroxyl groups is 1. The topological polar surface area (TPSA) is 41.5 Å². The monoisotopic (exact) mass is 295 g/mol. The van der Waals surface area contributed by atoms with Crippen molar-refractivity contribution in [3.05, 3.63) is 59.2 Å². The van der Waals surface area contributed by atoms with Gasteiger partial charge in [0, 0.05) is 23.8 Å². The molecule has 4 rings (SSSR count). The lowest BCUT2D eigenvalue weighted by Crippen LogP contribution is -2.36. The lowest BCUT2D eigenvalue weighted by Gasteiger charge is -2.43. The maximum atomic E-state index is 9.81. The van der Waals surface area contributed by atoms with Crippen LogP contribution in [0.1, 0.15) is 41.7 Å². The highest BCUT2D eigenvalue weighted by atomic mass is 16.5. The van der Waals surface area contributed by atoms with Crippen molar-refractivity contribution in [2.24, 2.45) is 5.92 Å². The Morgan fingerprint density at radius 1 is 1.18 bits per heavy atom. The second-order valence-electron chi connectivity index (χ2n) is 6.41. The molecule has 0 saturated carbocycles. The van der Waals surface area contributed by atoms with E-state index in [0.29, 0.717) is 11.7 Å². The van der Waals surface area contributed by atoms with Crippen LogP contribution in [-0.4, -0.2) is 11.7 Å². The third-order valence-electron chi connectivity index (χ3n) is 4.85. The van der Waals surface area contributed by atoms with Crippen LogP contribution in [-0.2, 0) is 4.74 Å². The summed E-state index contributed by atoms with van der Waals surface area (Å²) in [7, 11) is 0. The van der Waals surface area contributed by atoms with Crippen LogP contribution in [0.4, 0.5) is 5.69 Å². The van der Waals surface area contributed by atoms with Gasteiger partial charge in [0.1, 0.15) is 5.75 Å². The summed E-state index contributed by atoms with van der Waals surface area (Å²) >= 11 is 0. The van der Waals surface area contributed by atoms with E-state index in [2.05, 4.69) is 36.5 Å². The molecule has 1 unspecified atom stereocenters. The van der Waals surface area contributed by atoms with Crippen LogP contribution in [0, 0.1) is 12.8 Å². The Morgan fingerprint density at radius 2 is 2.09 bits per heavy atom. The van der Waals surface area contributed by atoms with Gasteiger partial charge in [0.15, 0.2) is 0 Å². The number of benzene rings is 2. The van der Waals surface area contributed by atoms with Gasteiger partial charge in [0.25, 0.3) is 0 Å². The number of hydrogen-bond acceptors (Lipinski definition) is 3. The van der Waals surface area contributed by atoms with Gasteiger partial charge in [-0.15, -0.1) is 0 Å². The van der Waals surface area contributed by atoms with Gasteiger partial charge >= 0.3 is 0 Å². The van der Waals surface area contributed by atoms with Crippen molar-refractivity contribution in [2.45, 2.75) is 31.9 Å². The zero-order valence-electron chi connectivity index (χ0n) is 12.8. The van der Waals surface area contributed by atoms with Crippen molar-refractivity contribution in [1.29, 1.82) is 0 Å². The van der Waals surface area contributed by atoms with E-state index in [1.165, 1.54) is 11.1 Å². The van der Waals surface area contributed by atoms with Gasteiger partial charge in [-0.05, 0) is 43.5 Å². The smallest absolute Gasteiger partial charge is 0.115 e. The average Bonchev–Trinajstić information content (AvgIpc) is 2.54. The van der Waals surface area contributed by atoms with Crippen molar-refractivity contribution in [1.82, 2.24) is 0 Å². The Labute approximate surface area is 130 Å². The minimum absolute atomic E-state index is 0.150. The fourth-order valence-corrected chi connectivity index (χ4v) is 3.84.